The van der Waals surface area contributed by atoms with Crippen molar-refractivity contribution < 1.29 is 33.5 Å². The van der Waals surface area contributed by atoms with Crippen molar-refractivity contribution in [2.45, 2.75) is 71.1 Å². The van der Waals surface area contributed by atoms with Gasteiger partial charge in [0, 0.05) is 13.0 Å². The molecule has 3 unspecified atom stereocenters. The molecule has 14 nitrogen and oxygen atoms in total. The monoisotopic (exact) mass is 704 g/mol. The maximum atomic E-state index is 13.6. The van der Waals surface area contributed by atoms with Crippen LogP contribution in [-0.4, -0.2) is 94.3 Å². The summed E-state index contributed by atoms with van der Waals surface area (Å²) in [6, 6.07) is 0.726. The molecule has 4 amide bonds. The summed E-state index contributed by atoms with van der Waals surface area (Å²) < 4.78 is 20.5. The van der Waals surface area contributed by atoms with Crippen molar-refractivity contribution >= 4 is 63.7 Å². The Bertz CT molecular complexity index is 1220. The Morgan fingerprint density at radius 3 is 1.93 bits per heavy atom. The molecule has 0 aliphatic heterocycles. The molecule has 7 atom stereocenters. The Balaban J connectivity index is 3.23. The van der Waals surface area contributed by atoms with Gasteiger partial charge in [0.05, 0.1) is 6.54 Å². The molecular weight excluding hydrogens is 656 g/mol. The van der Waals surface area contributed by atoms with E-state index in [9.17, 15) is 33.5 Å². The van der Waals surface area contributed by atoms with Crippen LogP contribution in [0.3, 0.4) is 0 Å². The number of carboxylic acid groups (broad SMARTS) is 1. The van der Waals surface area contributed by atoms with Crippen LogP contribution in [0.15, 0.2) is 29.0 Å². The maximum Gasteiger partial charge on any atom is 0.326 e. The van der Waals surface area contributed by atoms with Crippen molar-refractivity contribution in [3.05, 3.63) is 35.6 Å². The summed E-state index contributed by atoms with van der Waals surface area (Å²) in [6.07, 6.45) is 0.565. The summed E-state index contributed by atoms with van der Waals surface area (Å²) in [5.41, 5.74) is 6.31. The molecule has 1 aromatic rings. The van der Waals surface area contributed by atoms with Gasteiger partial charge in [0.25, 0.3) is 0 Å². The molecule has 0 bridgehead atoms. The second-order valence-corrected chi connectivity index (χ2v) is 13.3. The number of carbonyl (C=O) groups excluding carboxylic acids is 4. The van der Waals surface area contributed by atoms with Crippen LogP contribution in [0.5, 0.6) is 0 Å². The molecule has 0 spiro atoms. The Morgan fingerprint density at radius 1 is 0.891 bits per heavy atom. The molecule has 0 saturated heterocycles. The largest absolute Gasteiger partial charge is 0.480 e. The van der Waals surface area contributed by atoms with E-state index < -0.39 is 71.4 Å². The van der Waals surface area contributed by atoms with Gasteiger partial charge in [0.1, 0.15) is 30.0 Å². The number of carboxylic acids is 1. The highest BCUT2D eigenvalue weighted by Crippen LogP contribution is 2.12. The van der Waals surface area contributed by atoms with Gasteiger partial charge in [-0.05, 0) is 68.2 Å². The lowest BCUT2D eigenvalue weighted by Crippen LogP contribution is -2.60. The van der Waals surface area contributed by atoms with Gasteiger partial charge in [0.2, 0.25) is 23.6 Å². The van der Waals surface area contributed by atoms with Gasteiger partial charge < -0.3 is 36.8 Å². The number of hydrogen-bond acceptors (Lipinski definition) is 7. The minimum atomic E-state index is -1.25. The summed E-state index contributed by atoms with van der Waals surface area (Å²) in [7, 11) is 8.60. The van der Waals surface area contributed by atoms with Gasteiger partial charge in [-0.15, -0.1) is 0 Å². The standard InChI is InChI=1S/C28H48FN8O6P3/c1-15(2)22(33-24(39)19(31-21(38)14-36(5)45)7-6-12-37(46)28(30)35-44)26(41)32-20(13-17-8-10-18(29)11-9-17)25(40)34-23(16(3)4)27(42)43/h8-11,15-16,19-20,22-23H,6-7,12-14,44-46H2,1-5H3,(H2,30,35)(H,31,38)(H,32,41)(H,33,39)(H,34,40)(H,42,43)/t19-,20-,22-,23-/m0/s1. The first-order valence-corrected chi connectivity index (χ1v) is 16.2. The fourth-order valence-corrected chi connectivity index (χ4v) is 4.97. The van der Waals surface area contributed by atoms with Gasteiger partial charge in [-0.25, -0.2) is 13.9 Å². The number of halogens is 1. The lowest BCUT2D eigenvalue weighted by Gasteiger charge is -2.28. The van der Waals surface area contributed by atoms with E-state index >= 15 is 0 Å². The average Bonchev–Trinajstić information content (AvgIpc) is 2.96. The summed E-state index contributed by atoms with van der Waals surface area (Å²) in [5, 5.41) is 20.1. The van der Waals surface area contributed by atoms with E-state index in [4.69, 9.17) is 5.73 Å². The predicted molar refractivity (Wildman–Crippen MR) is 184 cm³/mol. The lowest BCUT2D eigenvalue weighted by molar-refractivity contribution is -0.143. The van der Waals surface area contributed by atoms with Crippen LogP contribution in [-0.2, 0) is 30.4 Å². The average molecular weight is 705 g/mol. The van der Waals surface area contributed by atoms with Crippen LogP contribution in [0.25, 0.3) is 0 Å². The van der Waals surface area contributed by atoms with E-state index in [0.717, 1.165) is 0 Å². The molecule has 0 aliphatic rings. The zero-order valence-corrected chi connectivity index (χ0v) is 30.3. The molecule has 0 aromatic heterocycles. The third-order valence-corrected chi connectivity index (χ3v) is 7.80. The second kappa shape index (κ2) is 20.3. The second-order valence-electron chi connectivity index (χ2n) is 11.5. The number of benzene rings is 1. The van der Waals surface area contributed by atoms with Crippen molar-refractivity contribution in [1.29, 1.82) is 0 Å². The molecular formula is C28H48FN8O6P3. The number of guanidine groups is 1. The van der Waals surface area contributed by atoms with E-state index in [1.165, 1.54) is 24.3 Å². The number of nitrogens with zero attached hydrogens (tertiary/aromatic N) is 3. The van der Waals surface area contributed by atoms with E-state index in [0.29, 0.717) is 18.5 Å². The number of nitrogens with two attached hydrogens (primary N) is 1. The van der Waals surface area contributed by atoms with Gasteiger partial charge >= 0.3 is 5.97 Å². The topological polar surface area (TPSA) is 199 Å². The molecule has 0 aliphatic carbocycles. The van der Waals surface area contributed by atoms with Crippen molar-refractivity contribution in [3.63, 3.8) is 0 Å². The minimum Gasteiger partial charge on any atom is -0.480 e. The van der Waals surface area contributed by atoms with Gasteiger partial charge in [0.15, 0.2) is 5.96 Å². The minimum absolute atomic E-state index is 0.00114. The quantitative estimate of drug-likeness (QED) is 0.0712. The van der Waals surface area contributed by atoms with Crippen molar-refractivity contribution in [1.82, 2.24) is 30.6 Å². The molecule has 1 rings (SSSR count). The van der Waals surface area contributed by atoms with Crippen LogP contribution >= 0.6 is 28.2 Å². The van der Waals surface area contributed by atoms with E-state index in [1.54, 1.807) is 44.1 Å². The summed E-state index contributed by atoms with van der Waals surface area (Å²) in [5.74, 6) is -4.86. The number of aliphatic carboxylic acids is 1. The number of carbonyl (C=O) groups is 5. The Morgan fingerprint density at radius 2 is 1.43 bits per heavy atom. The summed E-state index contributed by atoms with van der Waals surface area (Å²) in [4.78, 5) is 64.8. The third-order valence-electron chi connectivity index (χ3n) is 6.83. The van der Waals surface area contributed by atoms with Crippen molar-refractivity contribution in [2.75, 3.05) is 20.1 Å². The highest BCUT2D eigenvalue weighted by Gasteiger charge is 2.33. The highest BCUT2D eigenvalue weighted by atomic mass is 31.0. The fourth-order valence-electron chi connectivity index (χ4n) is 4.27. The summed E-state index contributed by atoms with van der Waals surface area (Å²) >= 11 is 0. The van der Waals surface area contributed by atoms with E-state index in [1.807, 2.05) is 0 Å². The summed E-state index contributed by atoms with van der Waals surface area (Å²) in [6.45, 7) is 7.06. The zero-order valence-electron chi connectivity index (χ0n) is 26.8. The van der Waals surface area contributed by atoms with Crippen molar-refractivity contribution in [2.24, 2.45) is 22.3 Å². The molecule has 0 saturated carbocycles. The van der Waals surface area contributed by atoms with E-state index in [-0.39, 0.29) is 25.3 Å². The normalized spacial score (nSPS) is 14.3. The van der Waals surface area contributed by atoms with Crippen LogP contribution in [0.1, 0.15) is 46.1 Å². The van der Waals surface area contributed by atoms with Gasteiger partial charge in [-0.3, -0.25) is 23.8 Å². The first kappa shape index (κ1) is 41.0. The molecule has 18 heteroatoms. The Labute approximate surface area is 276 Å². The number of rotatable bonds is 18. The molecule has 0 fully saturated rings. The van der Waals surface area contributed by atoms with Crippen LogP contribution in [0, 0.1) is 17.7 Å². The Hall–Kier alpha value is -2.98. The van der Waals surface area contributed by atoms with Crippen molar-refractivity contribution in [3.8, 4) is 0 Å². The number of nitrogens with one attached hydrogen (secondary N) is 4. The lowest BCUT2D eigenvalue weighted by atomic mass is 9.99. The molecule has 7 N–H and O–H groups in total. The smallest absolute Gasteiger partial charge is 0.326 e. The van der Waals surface area contributed by atoms with Gasteiger partial charge in [-0.2, -0.15) is 0 Å². The molecule has 1 aromatic carbocycles. The maximum absolute atomic E-state index is 13.6. The number of amides is 4. The zero-order chi connectivity index (χ0) is 35.1. The SMILES string of the molecule is CC(C)[C@H](NC(=O)[C@H](Cc1ccc(F)cc1)NC(=O)[C@@H](NC(=O)[C@H](CCCN(P)C(N)=NP)NC(=O)CN(C)P)C(C)C)C(=O)O. The number of hydrogen-bond donors (Lipinski definition) is 6. The van der Waals surface area contributed by atoms with Crippen LogP contribution in [0.4, 0.5) is 4.39 Å². The molecule has 46 heavy (non-hydrogen) atoms. The highest BCUT2D eigenvalue weighted by molar-refractivity contribution is 7.16. The van der Waals surface area contributed by atoms with Crippen LogP contribution < -0.4 is 27.0 Å². The first-order valence-electron chi connectivity index (χ1n) is 14.7. The Kier molecular flexibility index (Phi) is 18.1. The molecule has 0 heterocycles. The van der Waals surface area contributed by atoms with Gasteiger partial charge in [-0.1, -0.05) is 49.2 Å². The molecule has 0 radical (unpaired) electrons. The van der Waals surface area contributed by atoms with E-state index in [2.05, 4.69) is 54.2 Å². The number of likely N-dealkylation sites (N-methyl/N-ethyl adjacent to an activating group) is 1. The fraction of sp³-hybridized carbons (Fsp3) is 0.571. The predicted octanol–water partition coefficient (Wildman–Crippen LogP) is 0.403. The molecule has 258 valence electrons. The first-order chi connectivity index (χ1) is 21.5. The third kappa shape index (κ3) is 14.6. The van der Waals surface area contributed by atoms with Crippen LogP contribution in [0.2, 0.25) is 0 Å².